The number of carbonyl (C=O) groups is 1. The molecule has 6 heteroatoms. The highest BCUT2D eigenvalue weighted by Gasteiger charge is 2.39. The summed E-state index contributed by atoms with van der Waals surface area (Å²) < 4.78 is 10.7. The average Bonchev–Trinajstić information content (AvgIpc) is 2.47. The van der Waals surface area contributed by atoms with Gasteiger partial charge in [-0.15, -0.1) is 0 Å². The van der Waals surface area contributed by atoms with E-state index in [1.54, 1.807) is 0 Å². The third-order valence-electron chi connectivity index (χ3n) is 3.02. The number of ether oxygens (including phenoxy) is 2. The van der Waals surface area contributed by atoms with Crippen LogP contribution in [0.15, 0.2) is 54.0 Å². The van der Waals surface area contributed by atoms with Crippen molar-refractivity contribution in [3.8, 4) is 0 Å². The standard InChI is InChI=1S/C14H15BO5/c1-19-14(20-10-11-5-3-2-4-6-11)9-12(15(17)18)7-8-13(14)16/h2-9,17-18H,10H2,1H3. The topological polar surface area (TPSA) is 76.0 Å². The quantitative estimate of drug-likeness (QED) is 0.608. The normalized spacial score (nSPS) is 21.8. The van der Waals surface area contributed by atoms with Gasteiger partial charge in [0, 0.05) is 7.11 Å². The van der Waals surface area contributed by atoms with Crippen molar-refractivity contribution >= 4 is 12.9 Å². The van der Waals surface area contributed by atoms with Crippen LogP contribution in [-0.2, 0) is 20.9 Å². The second-order valence-corrected chi connectivity index (χ2v) is 4.36. The van der Waals surface area contributed by atoms with E-state index in [2.05, 4.69) is 0 Å². The third kappa shape index (κ3) is 3.05. The molecule has 0 saturated heterocycles. The molecule has 2 N–H and O–H groups in total. The summed E-state index contributed by atoms with van der Waals surface area (Å²) in [6.07, 6.45) is 3.82. The first kappa shape index (κ1) is 14.7. The van der Waals surface area contributed by atoms with Crippen molar-refractivity contribution < 1.29 is 24.3 Å². The lowest BCUT2D eigenvalue weighted by atomic mass is 9.75. The summed E-state index contributed by atoms with van der Waals surface area (Å²) in [6, 6.07) is 9.32. The number of hydrogen-bond donors (Lipinski definition) is 2. The van der Waals surface area contributed by atoms with Gasteiger partial charge in [0.05, 0.1) is 6.61 Å². The highest BCUT2D eigenvalue weighted by atomic mass is 16.7. The van der Waals surface area contributed by atoms with Crippen molar-refractivity contribution in [1.82, 2.24) is 0 Å². The molecule has 104 valence electrons. The Kier molecular flexibility index (Phi) is 4.51. The van der Waals surface area contributed by atoms with Crippen molar-refractivity contribution in [3.63, 3.8) is 0 Å². The van der Waals surface area contributed by atoms with E-state index in [0.29, 0.717) is 0 Å². The van der Waals surface area contributed by atoms with Crippen molar-refractivity contribution in [1.29, 1.82) is 0 Å². The molecule has 0 amide bonds. The summed E-state index contributed by atoms with van der Waals surface area (Å²) in [4.78, 5) is 12.0. The molecule has 1 atom stereocenters. The Balaban J connectivity index is 2.20. The Morgan fingerprint density at radius 1 is 1.20 bits per heavy atom. The van der Waals surface area contributed by atoms with Gasteiger partial charge in [-0.3, -0.25) is 4.79 Å². The van der Waals surface area contributed by atoms with Gasteiger partial charge in [-0.1, -0.05) is 36.4 Å². The monoisotopic (exact) mass is 274 g/mol. The molecule has 0 aliphatic heterocycles. The lowest BCUT2D eigenvalue weighted by Gasteiger charge is -2.29. The molecule has 0 saturated carbocycles. The largest absolute Gasteiger partial charge is 0.488 e. The van der Waals surface area contributed by atoms with Crippen LogP contribution in [-0.4, -0.2) is 35.8 Å². The summed E-state index contributed by atoms with van der Waals surface area (Å²) >= 11 is 0. The van der Waals surface area contributed by atoms with Gasteiger partial charge in [0.15, 0.2) is 0 Å². The minimum Gasteiger partial charge on any atom is -0.423 e. The van der Waals surface area contributed by atoms with Crippen LogP contribution in [0.25, 0.3) is 0 Å². The molecular weight excluding hydrogens is 259 g/mol. The van der Waals surface area contributed by atoms with Crippen LogP contribution in [0.4, 0.5) is 0 Å². The van der Waals surface area contributed by atoms with Crippen molar-refractivity contribution in [2.24, 2.45) is 0 Å². The molecule has 1 aliphatic carbocycles. The first-order valence-electron chi connectivity index (χ1n) is 6.12. The van der Waals surface area contributed by atoms with E-state index in [0.717, 1.165) is 5.56 Å². The van der Waals surface area contributed by atoms with Gasteiger partial charge in [-0.25, -0.2) is 0 Å². The lowest BCUT2D eigenvalue weighted by molar-refractivity contribution is -0.196. The number of allylic oxidation sites excluding steroid dienone is 2. The molecule has 0 aromatic heterocycles. The van der Waals surface area contributed by atoms with Crippen molar-refractivity contribution in [2.75, 3.05) is 7.11 Å². The molecule has 1 aromatic rings. The van der Waals surface area contributed by atoms with E-state index in [9.17, 15) is 14.8 Å². The zero-order valence-corrected chi connectivity index (χ0v) is 11.0. The maximum atomic E-state index is 12.0. The summed E-state index contributed by atoms with van der Waals surface area (Å²) in [5.74, 6) is -2.02. The first-order chi connectivity index (χ1) is 9.57. The molecular formula is C14H15BO5. The first-order valence-corrected chi connectivity index (χ1v) is 6.12. The van der Waals surface area contributed by atoms with Gasteiger partial charge < -0.3 is 19.5 Å². The number of methoxy groups -OCH3 is 1. The summed E-state index contributed by atoms with van der Waals surface area (Å²) in [5.41, 5.74) is 1.03. The van der Waals surface area contributed by atoms with Crippen LogP contribution in [0.2, 0.25) is 0 Å². The predicted octanol–water partition coefficient (Wildman–Crippen LogP) is 0.623. The second-order valence-electron chi connectivity index (χ2n) is 4.36. The fourth-order valence-corrected chi connectivity index (χ4v) is 1.88. The van der Waals surface area contributed by atoms with Crippen molar-refractivity contribution in [2.45, 2.75) is 12.4 Å². The zero-order chi connectivity index (χ0) is 14.6. The van der Waals surface area contributed by atoms with E-state index < -0.39 is 18.7 Å². The van der Waals surface area contributed by atoms with Crippen LogP contribution in [0.1, 0.15) is 5.56 Å². The molecule has 0 heterocycles. The molecule has 0 bridgehead atoms. The molecule has 1 aliphatic rings. The maximum Gasteiger partial charge on any atom is 0.488 e. The molecule has 20 heavy (non-hydrogen) atoms. The SMILES string of the molecule is COC1(OCc2ccccc2)C=C(B(O)O)C=CC1=O. The van der Waals surface area contributed by atoms with Crippen molar-refractivity contribution in [3.05, 3.63) is 59.6 Å². The smallest absolute Gasteiger partial charge is 0.423 e. The van der Waals surface area contributed by atoms with E-state index in [1.165, 1.54) is 25.3 Å². The van der Waals surface area contributed by atoms with E-state index in [4.69, 9.17) is 9.47 Å². The Hall–Kier alpha value is -1.73. The van der Waals surface area contributed by atoms with Gasteiger partial charge in [0.1, 0.15) is 0 Å². The minimum atomic E-state index is -1.69. The summed E-state index contributed by atoms with van der Waals surface area (Å²) in [6.45, 7) is 0.166. The second kappa shape index (κ2) is 6.15. The summed E-state index contributed by atoms with van der Waals surface area (Å²) in [5, 5.41) is 18.4. The third-order valence-corrected chi connectivity index (χ3v) is 3.02. The highest BCUT2D eigenvalue weighted by Crippen LogP contribution is 2.25. The van der Waals surface area contributed by atoms with Gasteiger partial charge in [0.25, 0.3) is 5.79 Å². The van der Waals surface area contributed by atoms with E-state index >= 15 is 0 Å². The van der Waals surface area contributed by atoms with E-state index in [-0.39, 0.29) is 12.1 Å². The molecule has 0 radical (unpaired) electrons. The lowest BCUT2D eigenvalue weighted by Crippen LogP contribution is -2.43. The highest BCUT2D eigenvalue weighted by molar-refractivity contribution is 6.52. The van der Waals surface area contributed by atoms with Crippen LogP contribution in [0.5, 0.6) is 0 Å². The van der Waals surface area contributed by atoms with Gasteiger partial charge in [0.2, 0.25) is 5.78 Å². The van der Waals surface area contributed by atoms with Gasteiger partial charge >= 0.3 is 7.12 Å². The molecule has 2 rings (SSSR count). The number of rotatable bonds is 5. The van der Waals surface area contributed by atoms with Crippen LogP contribution in [0.3, 0.4) is 0 Å². The van der Waals surface area contributed by atoms with Crippen LogP contribution >= 0.6 is 0 Å². The molecule has 1 aromatic carbocycles. The Labute approximate surface area is 117 Å². The fraction of sp³-hybridized carbons (Fsp3) is 0.214. The average molecular weight is 274 g/mol. The Bertz CT molecular complexity index is 538. The Morgan fingerprint density at radius 3 is 2.50 bits per heavy atom. The number of benzene rings is 1. The fourth-order valence-electron chi connectivity index (χ4n) is 1.88. The van der Waals surface area contributed by atoms with E-state index in [1.807, 2.05) is 30.3 Å². The van der Waals surface area contributed by atoms with Gasteiger partial charge in [-0.2, -0.15) is 0 Å². The summed E-state index contributed by atoms with van der Waals surface area (Å²) in [7, 11) is -0.353. The van der Waals surface area contributed by atoms with Crippen LogP contribution < -0.4 is 0 Å². The molecule has 0 spiro atoms. The minimum absolute atomic E-state index is 0.152. The van der Waals surface area contributed by atoms with Crippen LogP contribution in [0, 0.1) is 0 Å². The number of ketones is 1. The molecule has 1 unspecified atom stereocenters. The molecule has 0 fully saturated rings. The zero-order valence-electron chi connectivity index (χ0n) is 11.0. The van der Waals surface area contributed by atoms with Gasteiger partial charge in [-0.05, 0) is 23.2 Å². The maximum absolute atomic E-state index is 12.0. The Morgan fingerprint density at radius 2 is 1.90 bits per heavy atom. The number of carbonyl (C=O) groups excluding carboxylic acids is 1. The molecule has 5 nitrogen and oxygen atoms in total. The number of hydrogen-bond acceptors (Lipinski definition) is 5. The predicted molar refractivity (Wildman–Crippen MR) is 73.4 cm³/mol.